The molecule has 0 fully saturated rings. The summed E-state index contributed by atoms with van der Waals surface area (Å²) in [6.07, 6.45) is 3.06. The van der Waals surface area contributed by atoms with Gasteiger partial charge in [-0.05, 0) is 48.6 Å². The molecular weight excluding hydrogens is 266 g/mol. The smallest absolute Gasteiger partial charge is 0.0172 e. The van der Waals surface area contributed by atoms with Gasteiger partial charge in [0.15, 0.2) is 0 Å². The Morgan fingerprint density at radius 2 is 1.82 bits per heavy atom. The van der Waals surface area contributed by atoms with Gasteiger partial charge in [0, 0.05) is 12.2 Å². The van der Waals surface area contributed by atoms with Gasteiger partial charge in [-0.2, -0.15) is 0 Å². The number of rotatable bonds is 8. The number of aryl methyl sites for hydroxylation is 1. The quantitative estimate of drug-likeness (QED) is 0.611. The van der Waals surface area contributed by atoms with Crippen molar-refractivity contribution < 1.29 is 0 Å². The molecule has 122 valence electrons. The Bertz CT molecular complexity index is 505. The Balaban J connectivity index is 2.36. The minimum atomic E-state index is 0.293. The second-order valence-electron chi connectivity index (χ2n) is 7.88. The number of benzene rings is 1. The first-order chi connectivity index (χ1) is 10.2. The normalized spacial score (nSPS) is 12.8. The molecule has 0 bridgehead atoms. The van der Waals surface area contributed by atoms with Crippen LogP contribution in [0.5, 0.6) is 0 Å². The molecule has 0 heterocycles. The SMILES string of the molecule is C=C(Cc1ccccc1C)CC(C)CNC(=C)CC(C)(C)C. The Labute approximate surface area is 137 Å². The Hall–Kier alpha value is -1.50. The third-order valence-corrected chi connectivity index (χ3v) is 3.78. The maximum absolute atomic E-state index is 4.27. The summed E-state index contributed by atoms with van der Waals surface area (Å²) in [5.74, 6) is 0.577. The zero-order valence-corrected chi connectivity index (χ0v) is 15.1. The number of allylic oxidation sites excluding steroid dienone is 2. The maximum atomic E-state index is 4.27. The van der Waals surface area contributed by atoms with Crippen molar-refractivity contribution >= 4 is 0 Å². The zero-order chi connectivity index (χ0) is 16.8. The fraction of sp³-hybridized carbons (Fsp3) is 0.524. The molecule has 0 aliphatic heterocycles. The topological polar surface area (TPSA) is 12.0 Å². The van der Waals surface area contributed by atoms with Crippen LogP contribution < -0.4 is 5.32 Å². The van der Waals surface area contributed by atoms with E-state index in [9.17, 15) is 0 Å². The van der Waals surface area contributed by atoms with E-state index in [1.807, 2.05) is 0 Å². The van der Waals surface area contributed by atoms with Gasteiger partial charge in [0.1, 0.15) is 0 Å². The summed E-state index contributed by atoms with van der Waals surface area (Å²) in [5.41, 5.74) is 5.49. The first-order valence-electron chi connectivity index (χ1n) is 8.30. The molecule has 1 N–H and O–H groups in total. The summed E-state index contributed by atoms with van der Waals surface area (Å²) in [4.78, 5) is 0. The molecule has 1 aromatic carbocycles. The molecule has 1 atom stereocenters. The summed E-state index contributed by atoms with van der Waals surface area (Å²) in [5, 5.41) is 3.48. The van der Waals surface area contributed by atoms with Crippen LogP contribution in [0.3, 0.4) is 0 Å². The average molecular weight is 300 g/mol. The van der Waals surface area contributed by atoms with Gasteiger partial charge in [0.2, 0.25) is 0 Å². The molecule has 0 aromatic heterocycles. The van der Waals surface area contributed by atoms with E-state index < -0.39 is 0 Å². The highest BCUT2D eigenvalue weighted by atomic mass is 14.9. The molecule has 0 saturated heterocycles. The van der Waals surface area contributed by atoms with Gasteiger partial charge in [-0.15, -0.1) is 0 Å². The summed E-state index contributed by atoms with van der Waals surface area (Å²) >= 11 is 0. The first-order valence-corrected chi connectivity index (χ1v) is 8.30. The Kier molecular flexibility index (Phi) is 6.93. The van der Waals surface area contributed by atoms with Gasteiger partial charge in [0.05, 0.1) is 0 Å². The van der Waals surface area contributed by atoms with Crippen molar-refractivity contribution in [2.45, 2.75) is 53.9 Å². The number of hydrogen-bond donors (Lipinski definition) is 1. The van der Waals surface area contributed by atoms with Crippen LogP contribution in [0.1, 0.15) is 51.7 Å². The maximum Gasteiger partial charge on any atom is 0.0172 e. The molecule has 0 radical (unpaired) electrons. The molecule has 1 rings (SSSR count). The van der Waals surface area contributed by atoms with Crippen LogP contribution in [-0.4, -0.2) is 6.54 Å². The standard InChI is InChI=1S/C21H33N/c1-16(13-20-11-9-8-10-18(20)3)12-17(2)15-22-19(4)14-21(5,6)7/h8-11,17,22H,1,4,12-15H2,2-3,5-7H3. The van der Waals surface area contributed by atoms with E-state index in [-0.39, 0.29) is 0 Å². The lowest BCUT2D eigenvalue weighted by molar-refractivity contribution is 0.393. The Morgan fingerprint density at radius 3 is 2.41 bits per heavy atom. The lowest BCUT2D eigenvalue weighted by Gasteiger charge is -2.22. The lowest BCUT2D eigenvalue weighted by atomic mass is 9.90. The van der Waals surface area contributed by atoms with E-state index >= 15 is 0 Å². The highest BCUT2D eigenvalue weighted by molar-refractivity contribution is 5.29. The van der Waals surface area contributed by atoms with Crippen molar-refractivity contribution in [2.24, 2.45) is 11.3 Å². The molecule has 0 saturated carbocycles. The van der Waals surface area contributed by atoms with Crippen molar-refractivity contribution in [3.63, 3.8) is 0 Å². The first kappa shape index (κ1) is 18.5. The van der Waals surface area contributed by atoms with Crippen molar-refractivity contribution in [2.75, 3.05) is 6.54 Å². The average Bonchev–Trinajstić information content (AvgIpc) is 2.37. The predicted molar refractivity (Wildman–Crippen MR) is 99.0 cm³/mol. The van der Waals surface area contributed by atoms with Crippen molar-refractivity contribution in [1.82, 2.24) is 5.32 Å². The summed E-state index contributed by atoms with van der Waals surface area (Å²) in [7, 11) is 0. The molecule has 0 aliphatic carbocycles. The van der Waals surface area contributed by atoms with E-state index in [4.69, 9.17) is 0 Å². The van der Waals surface area contributed by atoms with Gasteiger partial charge >= 0.3 is 0 Å². The van der Waals surface area contributed by atoms with Crippen LogP contribution in [0, 0.1) is 18.3 Å². The zero-order valence-electron chi connectivity index (χ0n) is 15.1. The summed E-state index contributed by atoms with van der Waals surface area (Å²) in [6, 6.07) is 8.57. The molecule has 22 heavy (non-hydrogen) atoms. The summed E-state index contributed by atoms with van der Waals surface area (Å²) < 4.78 is 0. The van der Waals surface area contributed by atoms with Crippen LogP contribution in [0.2, 0.25) is 0 Å². The van der Waals surface area contributed by atoms with Crippen molar-refractivity contribution in [3.8, 4) is 0 Å². The predicted octanol–water partition coefficient (Wildman–Crippen LogP) is 5.66. The molecule has 0 aliphatic rings. The molecule has 0 spiro atoms. The van der Waals surface area contributed by atoms with Crippen molar-refractivity contribution in [3.05, 3.63) is 59.8 Å². The highest BCUT2D eigenvalue weighted by Crippen LogP contribution is 2.22. The van der Waals surface area contributed by atoms with E-state index in [0.717, 1.165) is 31.5 Å². The second-order valence-corrected chi connectivity index (χ2v) is 7.88. The molecule has 0 amide bonds. The van der Waals surface area contributed by atoms with Crippen LogP contribution in [0.15, 0.2) is 48.7 Å². The third kappa shape index (κ3) is 7.49. The Morgan fingerprint density at radius 1 is 1.18 bits per heavy atom. The van der Waals surface area contributed by atoms with Crippen LogP contribution in [0.4, 0.5) is 0 Å². The van der Waals surface area contributed by atoms with Crippen LogP contribution in [0.25, 0.3) is 0 Å². The van der Waals surface area contributed by atoms with E-state index in [1.54, 1.807) is 0 Å². The van der Waals surface area contributed by atoms with E-state index in [0.29, 0.717) is 11.3 Å². The van der Waals surface area contributed by atoms with Crippen LogP contribution in [-0.2, 0) is 6.42 Å². The van der Waals surface area contributed by atoms with Gasteiger partial charge in [-0.3, -0.25) is 0 Å². The lowest BCUT2D eigenvalue weighted by Crippen LogP contribution is -2.23. The molecule has 1 unspecified atom stereocenters. The molecule has 1 heteroatoms. The summed E-state index contributed by atoms with van der Waals surface area (Å²) in [6.45, 7) is 20.6. The van der Waals surface area contributed by atoms with Gasteiger partial charge in [-0.1, -0.05) is 70.7 Å². The van der Waals surface area contributed by atoms with Crippen LogP contribution >= 0.6 is 0 Å². The van der Waals surface area contributed by atoms with Crippen molar-refractivity contribution in [1.29, 1.82) is 0 Å². The fourth-order valence-electron chi connectivity index (χ4n) is 2.74. The molecule has 1 aromatic rings. The van der Waals surface area contributed by atoms with E-state index in [1.165, 1.54) is 16.7 Å². The van der Waals surface area contributed by atoms with Gasteiger partial charge in [-0.25, -0.2) is 0 Å². The monoisotopic (exact) mass is 299 g/mol. The number of hydrogen-bond acceptors (Lipinski definition) is 1. The number of nitrogens with one attached hydrogen (secondary N) is 1. The molecular formula is C21H33N. The van der Waals surface area contributed by atoms with Gasteiger partial charge in [0.25, 0.3) is 0 Å². The molecule has 1 nitrogen and oxygen atoms in total. The fourth-order valence-corrected chi connectivity index (χ4v) is 2.74. The highest BCUT2D eigenvalue weighted by Gasteiger charge is 2.13. The minimum absolute atomic E-state index is 0.293. The third-order valence-electron chi connectivity index (χ3n) is 3.78. The largest absolute Gasteiger partial charge is 0.389 e. The van der Waals surface area contributed by atoms with Gasteiger partial charge < -0.3 is 5.32 Å². The minimum Gasteiger partial charge on any atom is -0.389 e. The van der Waals surface area contributed by atoms with E-state index in [2.05, 4.69) is 77.4 Å². The second kappa shape index (κ2) is 8.22.